The first-order valence-electron chi connectivity index (χ1n) is 6.89. The van der Waals surface area contributed by atoms with Gasteiger partial charge in [-0.25, -0.2) is 4.39 Å². The number of carbonyl (C=O) groups is 1. The molecule has 0 aliphatic heterocycles. The molecule has 1 atom stereocenters. The molecular weight excluding hydrogens is 257 g/mol. The fraction of sp³-hybridized carbons (Fsp3) is 0.400. The minimum atomic E-state index is -0.292. The average Bonchev–Trinajstić information content (AvgIpc) is 2.46. The number of hydrogen-bond acceptors (Lipinski definition) is 3. The molecule has 2 rings (SSSR count). The lowest BCUT2D eigenvalue weighted by Gasteiger charge is -2.22. The standard InChI is InChI=1S/C15H20FN3O/c1-11-4-2-3-5-14(11)18-19-15(20)10-17-13-8-6-12(16)7-9-13/h5-9,11,17-18H,2-4,10H2,1H3,(H,19,20). The normalized spacial score (nSPS) is 18.1. The van der Waals surface area contributed by atoms with Crippen LogP contribution < -0.4 is 16.2 Å². The molecule has 1 aliphatic rings. The van der Waals surface area contributed by atoms with E-state index in [-0.39, 0.29) is 18.3 Å². The Bertz CT molecular complexity index is 484. The third-order valence-electron chi connectivity index (χ3n) is 3.38. The van der Waals surface area contributed by atoms with Gasteiger partial charge in [0.2, 0.25) is 0 Å². The van der Waals surface area contributed by atoms with Gasteiger partial charge in [0, 0.05) is 11.4 Å². The maximum absolute atomic E-state index is 12.7. The summed E-state index contributed by atoms with van der Waals surface area (Å²) in [6.45, 7) is 2.28. The molecule has 20 heavy (non-hydrogen) atoms. The van der Waals surface area contributed by atoms with Crippen LogP contribution in [-0.4, -0.2) is 12.5 Å². The molecule has 0 saturated heterocycles. The Labute approximate surface area is 118 Å². The topological polar surface area (TPSA) is 53.2 Å². The van der Waals surface area contributed by atoms with Crippen LogP contribution in [0.3, 0.4) is 0 Å². The van der Waals surface area contributed by atoms with E-state index >= 15 is 0 Å². The van der Waals surface area contributed by atoms with Crippen molar-refractivity contribution in [3.05, 3.63) is 41.9 Å². The molecule has 108 valence electrons. The van der Waals surface area contributed by atoms with E-state index in [1.807, 2.05) is 0 Å². The Morgan fingerprint density at radius 2 is 2.10 bits per heavy atom. The summed E-state index contributed by atoms with van der Waals surface area (Å²) >= 11 is 0. The molecule has 5 heteroatoms. The second-order valence-electron chi connectivity index (χ2n) is 5.03. The maximum atomic E-state index is 12.7. The van der Waals surface area contributed by atoms with Crippen molar-refractivity contribution in [1.29, 1.82) is 0 Å². The van der Waals surface area contributed by atoms with Gasteiger partial charge in [0.1, 0.15) is 5.82 Å². The lowest BCUT2D eigenvalue weighted by molar-refractivity contribution is -0.120. The number of anilines is 1. The molecule has 0 bridgehead atoms. The fourth-order valence-corrected chi connectivity index (χ4v) is 2.15. The van der Waals surface area contributed by atoms with E-state index < -0.39 is 0 Å². The predicted molar refractivity (Wildman–Crippen MR) is 77.3 cm³/mol. The Balaban J connectivity index is 1.73. The highest BCUT2D eigenvalue weighted by Gasteiger charge is 2.13. The summed E-state index contributed by atoms with van der Waals surface area (Å²) in [6.07, 6.45) is 5.52. The third-order valence-corrected chi connectivity index (χ3v) is 3.38. The molecule has 0 fully saturated rings. The van der Waals surface area contributed by atoms with Crippen LogP contribution in [0.5, 0.6) is 0 Å². The summed E-state index contributed by atoms with van der Waals surface area (Å²) < 4.78 is 12.7. The molecule has 4 nitrogen and oxygen atoms in total. The minimum absolute atomic E-state index is 0.139. The van der Waals surface area contributed by atoms with Gasteiger partial charge < -0.3 is 10.7 Å². The quantitative estimate of drug-likeness (QED) is 0.725. The van der Waals surface area contributed by atoms with Crippen molar-refractivity contribution in [1.82, 2.24) is 10.9 Å². The van der Waals surface area contributed by atoms with Gasteiger partial charge in [0.25, 0.3) is 5.91 Å². The van der Waals surface area contributed by atoms with Crippen molar-refractivity contribution in [3.8, 4) is 0 Å². The van der Waals surface area contributed by atoms with Crippen LogP contribution in [0.2, 0.25) is 0 Å². The van der Waals surface area contributed by atoms with Crippen molar-refractivity contribution in [2.75, 3.05) is 11.9 Å². The van der Waals surface area contributed by atoms with E-state index in [1.54, 1.807) is 12.1 Å². The summed E-state index contributed by atoms with van der Waals surface area (Å²) in [5, 5.41) is 2.93. The fourth-order valence-electron chi connectivity index (χ4n) is 2.15. The molecule has 0 radical (unpaired) electrons. The van der Waals surface area contributed by atoms with Gasteiger partial charge in [0.05, 0.1) is 6.54 Å². The number of halogens is 1. The SMILES string of the molecule is CC1CCCC=C1NNC(=O)CNc1ccc(F)cc1. The zero-order chi connectivity index (χ0) is 14.4. The first-order chi connectivity index (χ1) is 9.65. The van der Waals surface area contributed by atoms with Crippen LogP contribution >= 0.6 is 0 Å². The maximum Gasteiger partial charge on any atom is 0.257 e. The second-order valence-corrected chi connectivity index (χ2v) is 5.03. The number of rotatable bonds is 5. The molecule has 1 aromatic carbocycles. The van der Waals surface area contributed by atoms with Crippen molar-refractivity contribution >= 4 is 11.6 Å². The molecule has 0 aromatic heterocycles. The van der Waals surface area contributed by atoms with E-state index in [1.165, 1.54) is 18.6 Å². The number of allylic oxidation sites excluding steroid dienone is 2. The van der Waals surface area contributed by atoms with Crippen LogP contribution in [0.4, 0.5) is 10.1 Å². The summed E-state index contributed by atoms with van der Waals surface area (Å²) in [4.78, 5) is 11.7. The summed E-state index contributed by atoms with van der Waals surface area (Å²) in [7, 11) is 0. The molecule has 1 unspecified atom stereocenters. The number of carbonyl (C=O) groups excluding carboxylic acids is 1. The number of hydrazine groups is 1. The van der Waals surface area contributed by atoms with Gasteiger partial charge in [-0.1, -0.05) is 13.0 Å². The van der Waals surface area contributed by atoms with Gasteiger partial charge >= 0.3 is 0 Å². The molecule has 0 heterocycles. The highest BCUT2D eigenvalue weighted by molar-refractivity contribution is 5.80. The Kier molecular flexibility index (Phi) is 4.98. The molecule has 1 aromatic rings. The summed E-state index contributed by atoms with van der Waals surface area (Å²) in [5.41, 5.74) is 7.44. The predicted octanol–water partition coefficient (Wildman–Crippen LogP) is 2.56. The van der Waals surface area contributed by atoms with E-state index in [2.05, 4.69) is 29.2 Å². The van der Waals surface area contributed by atoms with Crippen molar-refractivity contribution in [2.24, 2.45) is 5.92 Å². The van der Waals surface area contributed by atoms with E-state index in [9.17, 15) is 9.18 Å². The number of amides is 1. The van der Waals surface area contributed by atoms with Crippen molar-refractivity contribution in [3.63, 3.8) is 0 Å². The zero-order valence-corrected chi connectivity index (χ0v) is 11.6. The number of nitrogens with one attached hydrogen (secondary N) is 3. The molecule has 1 aliphatic carbocycles. The van der Waals surface area contributed by atoms with Crippen LogP contribution in [0.25, 0.3) is 0 Å². The summed E-state index contributed by atoms with van der Waals surface area (Å²) in [5.74, 6) is 0.00185. The van der Waals surface area contributed by atoms with Crippen LogP contribution in [0.1, 0.15) is 26.2 Å². The molecule has 3 N–H and O–H groups in total. The van der Waals surface area contributed by atoms with Crippen molar-refractivity contribution < 1.29 is 9.18 Å². The summed E-state index contributed by atoms with van der Waals surface area (Å²) in [6, 6.07) is 5.91. The first kappa shape index (κ1) is 14.4. The van der Waals surface area contributed by atoms with Gasteiger partial charge in [0.15, 0.2) is 0 Å². The van der Waals surface area contributed by atoms with Crippen LogP contribution in [0.15, 0.2) is 36.0 Å². The molecule has 0 saturated carbocycles. The lowest BCUT2D eigenvalue weighted by Crippen LogP contribution is -2.41. The largest absolute Gasteiger partial charge is 0.376 e. The monoisotopic (exact) mass is 277 g/mol. The first-order valence-corrected chi connectivity index (χ1v) is 6.89. The van der Waals surface area contributed by atoms with Gasteiger partial charge in [-0.15, -0.1) is 0 Å². The van der Waals surface area contributed by atoms with Gasteiger partial charge in [-0.3, -0.25) is 10.2 Å². The number of benzene rings is 1. The number of hydrogen-bond donors (Lipinski definition) is 3. The molecule has 1 amide bonds. The average molecular weight is 277 g/mol. The Morgan fingerprint density at radius 3 is 2.80 bits per heavy atom. The van der Waals surface area contributed by atoms with E-state index in [4.69, 9.17) is 0 Å². The van der Waals surface area contributed by atoms with E-state index in [0.29, 0.717) is 11.6 Å². The van der Waals surface area contributed by atoms with E-state index in [0.717, 1.165) is 18.5 Å². The Hall–Kier alpha value is -2.04. The van der Waals surface area contributed by atoms with Crippen LogP contribution in [-0.2, 0) is 4.79 Å². The smallest absolute Gasteiger partial charge is 0.257 e. The minimum Gasteiger partial charge on any atom is -0.376 e. The van der Waals surface area contributed by atoms with Gasteiger partial charge in [-0.05, 0) is 49.4 Å². The highest BCUT2D eigenvalue weighted by atomic mass is 19.1. The Morgan fingerprint density at radius 1 is 1.35 bits per heavy atom. The van der Waals surface area contributed by atoms with Crippen LogP contribution in [0, 0.1) is 11.7 Å². The van der Waals surface area contributed by atoms with Gasteiger partial charge in [-0.2, -0.15) is 0 Å². The zero-order valence-electron chi connectivity index (χ0n) is 11.6. The lowest BCUT2D eigenvalue weighted by atomic mass is 9.94. The second kappa shape index (κ2) is 6.93. The highest BCUT2D eigenvalue weighted by Crippen LogP contribution is 2.21. The third kappa shape index (κ3) is 4.26. The van der Waals surface area contributed by atoms with Crippen molar-refractivity contribution in [2.45, 2.75) is 26.2 Å². The molecule has 0 spiro atoms. The molecular formula is C15H20FN3O.